The summed E-state index contributed by atoms with van der Waals surface area (Å²) in [7, 11) is 0. The minimum Gasteiger partial charge on any atom is -0.491 e. The molecule has 5 nitrogen and oxygen atoms in total. The Bertz CT molecular complexity index is 733. The van der Waals surface area contributed by atoms with Crippen molar-refractivity contribution < 1.29 is 19.4 Å². The largest absolute Gasteiger partial charge is 0.491 e. The van der Waals surface area contributed by atoms with Crippen molar-refractivity contribution in [3.63, 3.8) is 0 Å². The van der Waals surface area contributed by atoms with Gasteiger partial charge in [0.1, 0.15) is 5.75 Å². The first-order valence-corrected chi connectivity index (χ1v) is 11.1. The molecule has 1 heterocycles. The van der Waals surface area contributed by atoms with Gasteiger partial charge in [0, 0.05) is 11.8 Å². The minimum atomic E-state index is -0.201. The molecule has 0 aromatic heterocycles. The summed E-state index contributed by atoms with van der Waals surface area (Å²) in [5.41, 5.74) is 1.19. The van der Waals surface area contributed by atoms with Gasteiger partial charge in [-0.3, -0.25) is 14.5 Å². The molecule has 1 saturated carbocycles. The van der Waals surface area contributed by atoms with Gasteiger partial charge < -0.3 is 9.84 Å². The summed E-state index contributed by atoms with van der Waals surface area (Å²) in [5, 5.41) is 9.24. The van der Waals surface area contributed by atoms with Gasteiger partial charge in [-0.05, 0) is 44.4 Å². The van der Waals surface area contributed by atoms with Gasteiger partial charge >= 0.3 is 0 Å². The van der Waals surface area contributed by atoms with Crippen LogP contribution in [-0.2, 0) is 9.59 Å². The Morgan fingerprint density at radius 3 is 2.29 bits per heavy atom. The maximum atomic E-state index is 13.3. The fourth-order valence-electron chi connectivity index (χ4n) is 3.88. The molecule has 3 rings (SSSR count). The number of hydrogen-bond acceptors (Lipinski definition) is 5. The fourth-order valence-corrected chi connectivity index (χ4v) is 4.75. The summed E-state index contributed by atoms with van der Waals surface area (Å²) < 4.78 is 5.69. The molecular formula is C22H29NO4S. The van der Waals surface area contributed by atoms with E-state index in [0.29, 0.717) is 16.2 Å². The van der Waals surface area contributed by atoms with E-state index in [0.717, 1.165) is 49.8 Å². The van der Waals surface area contributed by atoms with Crippen LogP contribution in [0.3, 0.4) is 0 Å². The first-order valence-electron chi connectivity index (χ1n) is 10.2. The zero-order valence-corrected chi connectivity index (χ0v) is 17.5. The molecular weight excluding hydrogens is 374 g/mol. The number of hydrogen-bond donors (Lipinski definition) is 1. The van der Waals surface area contributed by atoms with Crippen molar-refractivity contribution in [3.05, 3.63) is 34.7 Å². The average molecular weight is 404 g/mol. The molecule has 0 spiro atoms. The van der Waals surface area contributed by atoms with Crippen molar-refractivity contribution in [2.24, 2.45) is 0 Å². The molecule has 2 aliphatic rings. The van der Waals surface area contributed by atoms with E-state index >= 15 is 0 Å². The number of benzene rings is 1. The van der Waals surface area contributed by atoms with E-state index in [1.165, 1.54) is 16.7 Å². The number of nitrogens with zero attached hydrogens (tertiary/aromatic N) is 1. The van der Waals surface area contributed by atoms with E-state index in [9.17, 15) is 14.7 Å². The second kappa shape index (κ2) is 9.61. The molecule has 1 aliphatic heterocycles. The molecule has 28 heavy (non-hydrogen) atoms. The minimum absolute atomic E-state index is 0.0201. The smallest absolute Gasteiger partial charge is 0.268 e. The molecule has 6 heteroatoms. The standard InChI is InChI=1S/C22H29NO4S/c1-15(2)27-18-11-9-16(10-12-18)19-20(28-14-13-24)22(26)23(21(19)25)17-7-5-3-4-6-8-17/h9-12,15,17,24H,3-8,13-14H2,1-2H3. The van der Waals surface area contributed by atoms with E-state index in [4.69, 9.17) is 4.74 Å². The van der Waals surface area contributed by atoms with Crippen LogP contribution in [0.25, 0.3) is 5.57 Å². The zero-order valence-electron chi connectivity index (χ0n) is 16.6. The topological polar surface area (TPSA) is 66.8 Å². The SMILES string of the molecule is CC(C)Oc1ccc(C2=C(SCCO)C(=O)N(C3CCCCCC3)C2=O)cc1. The van der Waals surface area contributed by atoms with Gasteiger partial charge in [0.15, 0.2) is 0 Å². The average Bonchev–Trinajstić information content (AvgIpc) is 2.84. The number of carbonyl (C=O) groups is 2. The van der Waals surface area contributed by atoms with E-state index < -0.39 is 0 Å². The molecule has 0 radical (unpaired) electrons. The van der Waals surface area contributed by atoms with Gasteiger partial charge in [0.2, 0.25) is 0 Å². The molecule has 1 fully saturated rings. The van der Waals surface area contributed by atoms with E-state index in [2.05, 4.69) is 0 Å². The van der Waals surface area contributed by atoms with E-state index in [1.807, 2.05) is 38.1 Å². The van der Waals surface area contributed by atoms with Crippen LogP contribution in [0.2, 0.25) is 0 Å². The lowest BCUT2D eigenvalue weighted by Crippen LogP contribution is -2.40. The van der Waals surface area contributed by atoms with Crippen molar-refractivity contribution >= 4 is 29.1 Å². The molecule has 152 valence electrons. The van der Waals surface area contributed by atoms with Crippen molar-refractivity contribution in [1.82, 2.24) is 4.90 Å². The third-order valence-electron chi connectivity index (χ3n) is 5.12. The second-order valence-corrected chi connectivity index (χ2v) is 8.70. The highest BCUT2D eigenvalue weighted by Crippen LogP contribution is 2.39. The summed E-state index contributed by atoms with van der Waals surface area (Å²) in [6.07, 6.45) is 6.26. The van der Waals surface area contributed by atoms with Crippen LogP contribution in [0.4, 0.5) is 0 Å². The van der Waals surface area contributed by atoms with E-state index in [-0.39, 0.29) is 30.6 Å². The summed E-state index contributed by atoms with van der Waals surface area (Å²) >= 11 is 1.27. The van der Waals surface area contributed by atoms with Gasteiger partial charge in [-0.25, -0.2) is 0 Å². The number of thioether (sulfide) groups is 1. The quantitative estimate of drug-likeness (QED) is 0.551. The van der Waals surface area contributed by atoms with Crippen molar-refractivity contribution in [1.29, 1.82) is 0 Å². The molecule has 0 unspecified atom stereocenters. The normalized spacial score (nSPS) is 18.9. The maximum Gasteiger partial charge on any atom is 0.268 e. The maximum absolute atomic E-state index is 13.3. The Morgan fingerprint density at radius 1 is 1.07 bits per heavy atom. The molecule has 0 bridgehead atoms. The number of ether oxygens (including phenoxy) is 1. The molecule has 0 atom stereocenters. The molecule has 2 amide bonds. The van der Waals surface area contributed by atoms with Gasteiger partial charge in [0.25, 0.3) is 11.8 Å². The number of rotatable bonds is 7. The highest BCUT2D eigenvalue weighted by atomic mass is 32.2. The van der Waals surface area contributed by atoms with Crippen LogP contribution in [0.15, 0.2) is 29.2 Å². The van der Waals surface area contributed by atoms with Crippen LogP contribution in [0, 0.1) is 0 Å². The van der Waals surface area contributed by atoms with Gasteiger partial charge in [-0.1, -0.05) is 37.8 Å². The lowest BCUT2D eigenvalue weighted by Gasteiger charge is -2.25. The number of aliphatic hydroxyl groups is 1. The second-order valence-electron chi connectivity index (χ2n) is 7.59. The van der Waals surface area contributed by atoms with Crippen LogP contribution in [-0.4, -0.2) is 46.3 Å². The predicted octanol–water partition coefficient (Wildman–Crippen LogP) is 4.00. The highest BCUT2D eigenvalue weighted by Gasteiger charge is 2.42. The van der Waals surface area contributed by atoms with Crippen LogP contribution < -0.4 is 4.74 Å². The van der Waals surface area contributed by atoms with Crippen molar-refractivity contribution in [2.75, 3.05) is 12.4 Å². The predicted molar refractivity (Wildman–Crippen MR) is 112 cm³/mol. The molecule has 1 N–H and O–H groups in total. The van der Waals surface area contributed by atoms with Crippen molar-refractivity contribution in [2.45, 2.75) is 64.5 Å². The van der Waals surface area contributed by atoms with Crippen molar-refractivity contribution in [3.8, 4) is 5.75 Å². The lowest BCUT2D eigenvalue weighted by molar-refractivity contribution is -0.139. The third-order valence-corrected chi connectivity index (χ3v) is 6.17. The summed E-state index contributed by atoms with van der Waals surface area (Å²) in [4.78, 5) is 28.4. The summed E-state index contributed by atoms with van der Waals surface area (Å²) in [6.45, 7) is 3.89. The third kappa shape index (κ3) is 4.61. The molecule has 0 saturated heterocycles. The Morgan fingerprint density at radius 2 is 1.71 bits per heavy atom. The zero-order chi connectivity index (χ0) is 20.1. The van der Waals surface area contributed by atoms with E-state index in [1.54, 1.807) is 0 Å². The lowest BCUT2D eigenvalue weighted by atomic mass is 10.0. The first-order chi connectivity index (χ1) is 13.5. The highest BCUT2D eigenvalue weighted by molar-refractivity contribution is 8.04. The summed E-state index contributed by atoms with van der Waals surface area (Å²) in [5.74, 6) is 0.731. The molecule has 1 aromatic rings. The fraction of sp³-hybridized carbons (Fsp3) is 0.545. The monoisotopic (exact) mass is 403 g/mol. The number of imide groups is 1. The first kappa shape index (κ1) is 20.9. The van der Waals surface area contributed by atoms with Gasteiger partial charge in [-0.2, -0.15) is 0 Å². The summed E-state index contributed by atoms with van der Waals surface area (Å²) in [6, 6.07) is 7.34. The van der Waals surface area contributed by atoms with Gasteiger partial charge in [0.05, 0.1) is 23.2 Å². The molecule has 1 aromatic carbocycles. The van der Waals surface area contributed by atoms with Crippen LogP contribution in [0.1, 0.15) is 57.9 Å². The number of aliphatic hydroxyl groups excluding tert-OH is 1. The molecule has 1 aliphatic carbocycles. The number of amides is 2. The van der Waals surface area contributed by atoms with Crippen LogP contribution in [0.5, 0.6) is 5.75 Å². The Hall–Kier alpha value is -1.79. The van der Waals surface area contributed by atoms with Crippen LogP contribution >= 0.6 is 11.8 Å². The Balaban J connectivity index is 1.91. The Labute approximate surface area is 171 Å². The Kier molecular flexibility index (Phi) is 7.18. The van der Waals surface area contributed by atoms with Gasteiger partial charge in [-0.15, -0.1) is 11.8 Å². The number of carbonyl (C=O) groups excluding carboxylic acids is 2.